The molecule has 90 valence electrons. The van der Waals surface area contributed by atoms with Gasteiger partial charge in [0, 0.05) is 17.3 Å². The predicted octanol–water partition coefficient (Wildman–Crippen LogP) is 2.27. The van der Waals surface area contributed by atoms with Crippen LogP contribution in [0, 0.1) is 5.92 Å². The summed E-state index contributed by atoms with van der Waals surface area (Å²) in [7, 11) is 0. The predicted molar refractivity (Wildman–Crippen MR) is 68.4 cm³/mol. The lowest BCUT2D eigenvalue weighted by Crippen LogP contribution is -2.44. The molecule has 0 saturated heterocycles. The molecule has 0 heterocycles. The highest BCUT2D eigenvalue weighted by Gasteiger charge is 2.22. The number of aliphatic hydroxyl groups is 1. The minimum atomic E-state index is 0.276. The van der Waals surface area contributed by atoms with Crippen LogP contribution in [0.3, 0.4) is 0 Å². The number of aliphatic hydroxyl groups excluding tert-OH is 1. The van der Waals surface area contributed by atoms with E-state index in [1.807, 2.05) is 0 Å². The van der Waals surface area contributed by atoms with Crippen LogP contribution in [0.25, 0.3) is 0 Å². The molecule has 0 aromatic rings. The van der Waals surface area contributed by atoms with Crippen LogP contribution in [0.2, 0.25) is 0 Å². The maximum Gasteiger partial charge on any atom is 0.0564 e. The maximum atomic E-state index is 9.21. The lowest BCUT2D eigenvalue weighted by atomic mass is 9.87. The normalized spacial score (nSPS) is 31.2. The first-order valence-corrected chi connectivity index (χ1v) is 7.35. The molecule has 0 aliphatic heterocycles. The van der Waals surface area contributed by atoms with Gasteiger partial charge in [-0.25, -0.2) is 0 Å². The average Bonchev–Trinajstić information content (AvgIpc) is 2.23. The third-order valence-corrected chi connectivity index (χ3v) is 4.72. The summed E-state index contributed by atoms with van der Waals surface area (Å²) >= 11 is 1.75. The Morgan fingerprint density at radius 3 is 2.40 bits per heavy atom. The summed E-state index contributed by atoms with van der Waals surface area (Å²) in [5, 5.41) is 13.2. The Balaban J connectivity index is 2.28. The molecule has 0 spiro atoms. The second kappa shape index (κ2) is 6.77. The summed E-state index contributed by atoms with van der Waals surface area (Å²) in [5.41, 5.74) is 0. The van der Waals surface area contributed by atoms with Crippen LogP contribution in [-0.4, -0.2) is 35.3 Å². The monoisotopic (exact) mass is 231 g/mol. The van der Waals surface area contributed by atoms with E-state index in [9.17, 15) is 5.11 Å². The molecule has 1 aliphatic rings. The van der Waals surface area contributed by atoms with E-state index in [2.05, 4.69) is 25.4 Å². The van der Waals surface area contributed by atoms with Gasteiger partial charge in [-0.3, -0.25) is 0 Å². The molecule has 0 amide bonds. The summed E-state index contributed by atoms with van der Waals surface area (Å²) < 4.78 is 0. The van der Waals surface area contributed by atoms with Gasteiger partial charge in [0.05, 0.1) is 6.61 Å². The third kappa shape index (κ3) is 4.33. The molecule has 2 N–H and O–H groups in total. The fraction of sp³-hybridized carbons (Fsp3) is 1.00. The second-order valence-corrected chi connectivity index (χ2v) is 5.95. The van der Waals surface area contributed by atoms with Crippen molar-refractivity contribution in [3.05, 3.63) is 0 Å². The third-order valence-electron chi connectivity index (χ3n) is 3.55. The Morgan fingerprint density at radius 2 is 1.93 bits per heavy atom. The highest BCUT2D eigenvalue weighted by Crippen LogP contribution is 2.24. The molecule has 2 atom stereocenters. The standard InChI is InChI=1S/C12H25NOS/c1-9-4-6-11(7-5-9)13-10(2)12(8-14)15-3/h9-14H,4-8H2,1-3H3. The molecular formula is C12H25NOS. The highest BCUT2D eigenvalue weighted by atomic mass is 32.2. The van der Waals surface area contributed by atoms with Gasteiger partial charge >= 0.3 is 0 Å². The van der Waals surface area contributed by atoms with Crippen LogP contribution in [0.4, 0.5) is 0 Å². The van der Waals surface area contributed by atoms with Crippen molar-refractivity contribution in [1.82, 2.24) is 5.32 Å². The molecule has 2 unspecified atom stereocenters. The lowest BCUT2D eigenvalue weighted by molar-refractivity contribution is 0.249. The number of nitrogens with one attached hydrogen (secondary N) is 1. The van der Waals surface area contributed by atoms with Crippen molar-refractivity contribution in [3.63, 3.8) is 0 Å². The number of rotatable bonds is 5. The van der Waals surface area contributed by atoms with Crippen LogP contribution < -0.4 is 5.32 Å². The first-order chi connectivity index (χ1) is 7.17. The Labute approximate surface area is 98.2 Å². The average molecular weight is 231 g/mol. The van der Waals surface area contributed by atoms with Crippen molar-refractivity contribution < 1.29 is 5.11 Å². The zero-order valence-electron chi connectivity index (χ0n) is 10.2. The molecule has 2 nitrogen and oxygen atoms in total. The fourth-order valence-electron chi connectivity index (χ4n) is 2.34. The zero-order valence-corrected chi connectivity index (χ0v) is 11.0. The van der Waals surface area contributed by atoms with Gasteiger partial charge in [-0.2, -0.15) is 11.8 Å². The molecule has 1 rings (SSSR count). The van der Waals surface area contributed by atoms with Crippen LogP contribution in [-0.2, 0) is 0 Å². The first-order valence-electron chi connectivity index (χ1n) is 6.07. The van der Waals surface area contributed by atoms with Crippen molar-refractivity contribution in [2.45, 2.75) is 56.9 Å². The van der Waals surface area contributed by atoms with Gasteiger partial charge in [0.15, 0.2) is 0 Å². The van der Waals surface area contributed by atoms with Crippen LogP contribution in [0.5, 0.6) is 0 Å². The Bertz CT molecular complexity index is 165. The fourth-order valence-corrected chi connectivity index (χ4v) is 2.98. The van der Waals surface area contributed by atoms with Gasteiger partial charge in [-0.1, -0.05) is 6.92 Å². The van der Waals surface area contributed by atoms with Gasteiger partial charge in [0.25, 0.3) is 0 Å². The van der Waals surface area contributed by atoms with Crippen molar-refractivity contribution in [2.75, 3.05) is 12.9 Å². The van der Waals surface area contributed by atoms with E-state index in [4.69, 9.17) is 0 Å². The van der Waals surface area contributed by atoms with Gasteiger partial charge in [0.1, 0.15) is 0 Å². The van der Waals surface area contributed by atoms with Crippen molar-refractivity contribution >= 4 is 11.8 Å². The summed E-state index contributed by atoms with van der Waals surface area (Å²) in [6, 6.07) is 1.10. The molecule has 3 heteroatoms. The van der Waals surface area contributed by atoms with E-state index in [1.165, 1.54) is 25.7 Å². The topological polar surface area (TPSA) is 32.3 Å². The number of hydrogen-bond acceptors (Lipinski definition) is 3. The van der Waals surface area contributed by atoms with Gasteiger partial charge in [-0.05, 0) is 44.8 Å². The van der Waals surface area contributed by atoms with E-state index in [0.29, 0.717) is 17.3 Å². The van der Waals surface area contributed by atoms with Crippen LogP contribution >= 0.6 is 11.8 Å². The van der Waals surface area contributed by atoms with E-state index in [0.717, 1.165) is 5.92 Å². The Hall–Kier alpha value is 0.270. The molecule has 15 heavy (non-hydrogen) atoms. The molecule has 0 bridgehead atoms. The SMILES string of the molecule is CSC(CO)C(C)NC1CCC(C)CC1. The quantitative estimate of drug-likeness (QED) is 0.761. The molecule has 1 aliphatic carbocycles. The molecule has 1 fully saturated rings. The lowest BCUT2D eigenvalue weighted by Gasteiger charge is -2.32. The van der Waals surface area contributed by atoms with Gasteiger partial charge in [-0.15, -0.1) is 0 Å². The Kier molecular flexibility index (Phi) is 6.02. The summed E-state index contributed by atoms with van der Waals surface area (Å²) in [4.78, 5) is 0. The Morgan fingerprint density at radius 1 is 1.33 bits per heavy atom. The zero-order chi connectivity index (χ0) is 11.3. The molecule has 0 aromatic heterocycles. The molecule has 1 saturated carbocycles. The minimum absolute atomic E-state index is 0.276. The van der Waals surface area contributed by atoms with Crippen molar-refractivity contribution in [2.24, 2.45) is 5.92 Å². The minimum Gasteiger partial charge on any atom is -0.395 e. The largest absolute Gasteiger partial charge is 0.395 e. The van der Waals surface area contributed by atoms with E-state index in [1.54, 1.807) is 11.8 Å². The summed E-state index contributed by atoms with van der Waals surface area (Å²) in [6.07, 6.45) is 7.39. The smallest absolute Gasteiger partial charge is 0.0564 e. The number of thioether (sulfide) groups is 1. The number of hydrogen-bond donors (Lipinski definition) is 2. The summed E-state index contributed by atoms with van der Waals surface area (Å²) in [5.74, 6) is 0.910. The molecular weight excluding hydrogens is 206 g/mol. The maximum absolute atomic E-state index is 9.21. The highest BCUT2D eigenvalue weighted by molar-refractivity contribution is 7.99. The van der Waals surface area contributed by atoms with E-state index < -0.39 is 0 Å². The molecule has 0 aromatic carbocycles. The second-order valence-electron chi connectivity index (χ2n) is 4.87. The first kappa shape index (κ1) is 13.3. The van der Waals surface area contributed by atoms with Gasteiger partial charge < -0.3 is 10.4 Å². The van der Waals surface area contributed by atoms with Crippen molar-refractivity contribution in [3.8, 4) is 0 Å². The molecule has 0 radical (unpaired) electrons. The summed E-state index contributed by atoms with van der Waals surface area (Å²) in [6.45, 7) is 4.81. The van der Waals surface area contributed by atoms with Gasteiger partial charge in [0.2, 0.25) is 0 Å². The van der Waals surface area contributed by atoms with Crippen LogP contribution in [0.15, 0.2) is 0 Å². The van der Waals surface area contributed by atoms with Crippen molar-refractivity contribution in [1.29, 1.82) is 0 Å². The van der Waals surface area contributed by atoms with E-state index in [-0.39, 0.29) is 6.61 Å². The van der Waals surface area contributed by atoms with Crippen LogP contribution in [0.1, 0.15) is 39.5 Å². The van der Waals surface area contributed by atoms with E-state index >= 15 is 0 Å².